The summed E-state index contributed by atoms with van der Waals surface area (Å²) in [5.41, 5.74) is 11.2. The number of rotatable bonds is 34. The maximum atomic E-state index is 13.7. The monoisotopic (exact) mass is 802 g/mol. The van der Waals surface area contributed by atoms with E-state index in [0.29, 0.717) is 25.8 Å². The van der Waals surface area contributed by atoms with E-state index in [2.05, 4.69) is 28.2 Å². The molecule has 0 aromatic carbocycles. The summed E-state index contributed by atoms with van der Waals surface area (Å²) in [6, 6.07) is -7.22. The number of amides is 5. The number of aliphatic hydroxyl groups is 3. The fraction of sp³-hybridized carbons (Fsp3) is 0.846. The van der Waals surface area contributed by atoms with Crippen LogP contribution in [0.3, 0.4) is 0 Å². The molecule has 0 aliphatic carbocycles. The molecule has 0 aliphatic rings. The molecule has 7 atom stereocenters. The number of hydrogen-bond acceptors (Lipinski definition) is 11. The first kappa shape index (κ1) is 52.6. The number of nitrogens with zero attached hydrogens (tertiary/aromatic N) is 1. The lowest BCUT2D eigenvalue weighted by Crippen LogP contribution is -2.63. The van der Waals surface area contributed by atoms with Gasteiger partial charge in [0.05, 0.1) is 18.8 Å². The van der Waals surface area contributed by atoms with Crippen LogP contribution in [0.4, 0.5) is 0 Å². The number of aliphatic carboxylic acids is 1. The molecule has 0 rings (SSSR count). The molecule has 0 fully saturated rings. The first-order valence-electron chi connectivity index (χ1n) is 20.7. The Morgan fingerprint density at radius 1 is 0.589 bits per heavy atom. The van der Waals surface area contributed by atoms with E-state index in [1.54, 1.807) is 0 Å². The molecule has 0 spiro atoms. The van der Waals surface area contributed by atoms with Gasteiger partial charge in [-0.25, -0.2) is 4.79 Å². The van der Waals surface area contributed by atoms with Crippen molar-refractivity contribution in [2.75, 3.05) is 26.7 Å². The number of likely N-dealkylation sites (N-methyl/N-ethyl adjacent to an activating group) is 1. The van der Waals surface area contributed by atoms with Crippen LogP contribution in [0.15, 0.2) is 0 Å². The average Bonchev–Trinajstić information content (AvgIpc) is 3.15. The number of nitrogens with two attached hydrogens (primary N) is 2. The third-order valence-corrected chi connectivity index (χ3v) is 9.77. The Morgan fingerprint density at radius 3 is 1.52 bits per heavy atom. The Hall–Kier alpha value is -3.38. The lowest BCUT2D eigenvalue weighted by molar-refractivity contribution is -0.148. The number of carboxylic acids is 1. The summed E-state index contributed by atoms with van der Waals surface area (Å²) in [5.74, 6) is -5.40. The zero-order chi connectivity index (χ0) is 42.5. The molecule has 0 radical (unpaired) electrons. The minimum absolute atomic E-state index is 0.0288. The van der Waals surface area contributed by atoms with Gasteiger partial charge in [-0.2, -0.15) is 0 Å². The number of hydrogen-bond donors (Lipinski definition) is 10. The molecule has 0 saturated carbocycles. The van der Waals surface area contributed by atoms with Crippen LogP contribution in [-0.2, 0) is 28.8 Å². The molecule has 17 nitrogen and oxygen atoms in total. The van der Waals surface area contributed by atoms with E-state index in [9.17, 15) is 49.2 Å². The van der Waals surface area contributed by atoms with E-state index in [1.807, 2.05) is 0 Å². The molecule has 0 aromatic heterocycles. The highest BCUT2D eigenvalue weighted by molar-refractivity contribution is 5.96. The summed E-state index contributed by atoms with van der Waals surface area (Å²) >= 11 is 0. The molecule has 0 saturated heterocycles. The van der Waals surface area contributed by atoms with E-state index < -0.39 is 78.6 Å². The van der Waals surface area contributed by atoms with Crippen molar-refractivity contribution in [3.63, 3.8) is 0 Å². The van der Waals surface area contributed by atoms with Crippen molar-refractivity contribution >= 4 is 35.5 Å². The SMILES string of the molecule is CCCCCCCCCCCCCCCC(=O)N[C@@H](CCCCN)C(=O)N[C@H](C(=O)N(C)[C@H](C(=O)N[C@@H](CCCN)C(=O)N[C@@H](CO)C(=O)O)[C@@H](C)O)[C@@H](C)O. The van der Waals surface area contributed by atoms with Crippen molar-refractivity contribution < 1.29 is 49.2 Å². The van der Waals surface area contributed by atoms with Gasteiger partial charge in [-0.05, 0) is 65.5 Å². The van der Waals surface area contributed by atoms with Crippen molar-refractivity contribution in [2.24, 2.45) is 11.5 Å². The van der Waals surface area contributed by atoms with Crippen molar-refractivity contribution in [1.29, 1.82) is 0 Å². The normalized spacial score (nSPS) is 15.0. The maximum Gasteiger partial charge on any atom is 0.328 e. The van der Waals surface area contributed by atoms with Crippen molar-refractivity contribution in [1.82, 2.24) is 26.2 Å². The molecule has 5 amide bonds. The Balaban J connectivity index is 5.48. The third kappa shape index (κ3) is 22.4. The largest absolute Gasteiger partial charge is 0.480 e. The molecule has 56 heavy (non-hydrogen) atoms. The van der Waals surface area contributed by atoms with Crippen LogP contribution in [0.25, 0.3) is 0 Å². The van der Waals surface area contributed by atoms with Gasteiger partial charge in [0.15, 0.2) is 0 Å². The highest BCUT2D eigenvalue weighted by Gasteiger charge is 2.39. The van der Waals surface area contributed by atoms with E-state index in [0.717, 1.165) is 24.2 Å². The smallest absolute Gasteiger partial charge is 0.328 e. The van der Waals surface area contributed by atoms with E-state index in [4.69, 9.17) is 11.5 Å². The predicted octanol–water partition coefficient (Wildman–Crippen LogP) is 0.940. The first-order chi connectivity index (χ1) is 26.7. The Kier molecular flexibility index (Phi) is 29.8. The molecule has 12 N–H and O–H groups in total. The van der Waals surface area contributed by atoms with E-state index in [1.165, 1.54) is 78.7 Å². The molecule has 17 heteroatoms. The number of nitrogens with one attached hydrogen (secondary N) is 4. The summed E-state index contributed by atoms with van der Waals surface area (Å²) in [5, 5.41) is 49.6. The molecule has 0 bridgehead atoms. The van der Waals surface area contributed by atoms with Gasteiger partial charge < -0.3 is 58.1 Å². The second-order valence-corrected chi connectivity index (χ2v) is 14.8. The average molecular weight is 802 g/mol. The predicted molar refractivity (Wildman–Crippen MR) is 214 cm³/mol. The Labute approximate surface area is 333 Å². The van der Waals surface area contributed by atoms with Gasteiger partial charge >= 0.3 is 5.97 Å². The van der Waals surface area contributed by atoms with Crippen LogP contribution >= 0.6 is 0 Å². The van der Waals surface area contributed by atoms with Crippen LogP contribution in [0.5, 0.6) is 0 Å². The van der Waals surface area contributed by atoms with E-state index in [-0.39, 0.29) is 38.1 Å². The Morgan fingerprint density at radius 2 is 1.05 bits per heavy atom. The lowest BCUT2D eigenvalue weighted by Gasteiger charge is -2.34. The number of unbranched alkanes of at least 4 members (excludes halogenated alkanes) is 13. The second kappa shape index (κ2) is 31.7. The summed E-state index contributed by atoms with van der Waals surface area (Å²) in [7, 11) is 1.18. The van der Waals surface area contributed by atoms with Gasteiger partial charge in [-0.15, -0.1) is 0 Å². The topological polar surface area (TPSA) is 287 Å². The van der Waals surface area contributed by atoms with Crippen molar-refractivity contribution in [2.45, 2.75) is 185 Å². The number of carboxylic acid groups (broad SMARTS) is 1. The summed E-state index contributed by atoms with van der Waals surface area (Å²) in [6.45, 7) is 4.31. The quantitative estimate of drug-likeness (QED) is 0.0407. The van der Waals surface area contributed by atoms with Crippen LogP contribution in [0, 0.1) is 0 Å². The third-order valence-electron chi connectivity index (χ3n) is 9.77. The van der Waals surface area contributed by atoms with Crippen LogP contribution in [-0.4, -0.2) is 130 Å². The molecule has 0 heterocycles. The maximum absolute atomic E-state index is 13.7. The highest BCUT2D eigenvalue weighted by atomic mass is 16.4. The van der Waals surface area contributed by atoms with Crippen LogP contribution in [0.1, 0.15) is 143 Å². The van der Waals surface area contributed by atoms with Gasteiger partial charge in [0.25, 0.3) is 0 Å². The van der Waals surface area contributed by atoms with Crippen molar-refractivity contribution in [3.05, 3.63) is 0 Å². The van der Waals surface area contributed by atoms with Crippen molar-refractivity contribution in [3.8, 4) is 0 Å². The fourth-order valence-electron chi connectivity index (χ4n) is 6.35. The minimum atomic E-state index is -1.64. The first-order valence-corrected chi connectivity index (χ1v) is 20.7. The van der Waals surface area contributed by atoms with Gasteiger partial charge in [-0.1, -0.05) is 84.0 Å². The molecule has 326 valence electrons. The fourth-order valence-corrected chi connectivity index (χ4v) is 6.35. The van der Waals surface area contributed by atoms with Gasteiger partial charge in [-0.3, -0.25) is 24.0 Å². The highest BCUT2D eigenvalue weighted by Crippen LogP contribution is 2.14. The van der Waals surface area contributed by atoms with Gasteiger partial charge in [0.2, 0.25) is 29.5 Å². The van der Waals surface area contributed by atoms with Gasteiger partial charge in [0.1, 0.15) is 30.2 Å². The summed E-state index contributed by atoms with van der Waals surface area (Å²) in [6.07, 6.45) is 14.0. The number of carbonyl (C=O) groups is 6. The number of aliphatic hydroxyl groups excluding tert-OH is 3. The zero-order valence-electron chi connectivity index (χ0n) is 34.4. The minimum Gasteiger partial charge on any atom is -0.480 e. The molecular weight excluding hydrogens is 726 g/mol. The standard InChI is InChI=1S/C39H75N7O10/c1-5-6-7-8-9-10-11-12-13-14-15-16-17-23-32(50)42-29(21-18-19-24-40)36(52)45-33(27(2)48)38(54)46(4)34(28(3)49)37(53)43-30(22-20-25-41)35(51)44-31(26-47)39(55)56/h27-31,33-34,47-49H,5-26,40-41H2,1-4H3,(H,42,50)(H,43,53)(H,44,51)(H,45,52)(H,55,56)/t27-,28-,29+,30+,31+,33+,34+/m1/s1. The Bertz CT molecular complexity index is 1140. The zero-order valence-corrected chi connectivity index (χ0v) is 34.4. The lowest BCUT2D eigenvalue weighted by atomic mass is 10.0. The molecular formula is C39H75N7O10. The van der Waals surface area contributed by atoms with Crippen LogP contribution < -0.4 is 32.7 Å². The van der Waals surface area contributed by atoms with Gasteiger partial charge in [0, 0.05) is 13.5 Å². The summed E-state index contributed by atoms with van der Waals surface area (Å²) in [4.78, 5) is 78.7. The summed E-state index contributed by atoms with van der Waals surface area (Å²) < 4.78 is 0. The molecule has 0 aliphatic heterocycles. The van der Waals surface area contributed by atoms with E-state index >= 15 is 0 Å². The van der Waals surface area contributed by atoms with Crippen LogP contribution in [0.2, 0.25) is 0 Å². The molecule has 0 aromatic rings. The molecule has 0 unspecified atom stereocenters. The number of carbonyl (C=O) groups excluding carboxylic acids is 5. The second-order valence-electron chi connectivity index (χ2n) is 14.8.